The van der Waals surface area contributed by atoms with Gasteiger partial charge in [-0.15, -0.1) is 0 Å². The van der Waals surface area contributed by atoms with Crippen LogP contribution in [-0.4, -0.2) is 50.8 Å². The minimum atomic E-state index is -3.76. The quantitative estimate of drug-likeness (QED) is 0.477. The molecule has 2 aromatic rings. The monoisotopic (exact) mass is 449 g/mol. The van der Waals surface area contributed by atoms with Gasteiger partial charge < -0.3 is 9.47 Å². The molecule has 1 atom stereocenters. The van der Waals surface area contributed by atoms with Crippen LogP contribution in [0.4, 0.5) is 4.39 Å². The summed E-state index contributed by atoms with van der Waals surface area (Å²) >= 11 is 0. The fraction of sp³-hybridized carbons (Fsp3) is 0.364. The molecule has 0 radical (unpaired) electrons. The van der Waals surface area contributed by atoms with Crippen LogP contribution in [0.3, 0.4) is 0 Å². The highest BCUT2D eigenvalue weighted by atomic mass is 32.2. The molecule has 1 saturated heterocycles. The van der Waals surface area contributed by atoms with E-state index in [1.54, 1.807) is 24.3 Å². The van der Waals surface area contributed by atoms with E-state index in [4.69, 9.17) is 9.47 Å². The maximum Gasteiger partial charge on any atom is 0.309 e. The molecule has 0 bridgehead atoms. The predicted octanol–water partition coefficient (Wildman–Crippen LogP) is 3.05. The molecule has 31 heavy (non-hydrogen) atoms. The predicted molar refractivity (Wildman–Crippen MR) is 111 cm³/mol. The third-order valence-electron chi connectivity index (χ3n) is 5.28. The van der Waals surface area contributed by atoms with Gasteiger partial charge in [0.1, 0.15) is 11.6 Å². The van der Waals surface area contributed by atoms with Crippen molar-refractivity contribution in [3.05, 3.63) is 59.9 Å². The normalized spacial score (nSPS) is 16.5. The average Bonchev–Trinajstić information content (AvgIpc) is 2.79. The fourth-order valence-corrected chi connectivity index (χ4v) is 4.87. The summed E-state index contributed by atoms with van der Waals surface area (Å²) in [4.78, 5) is 25.0. The third-order valence-corrected chi connectivity index (χ3v) is 7.19. The number of carbonyl (C=O) groups is 2. The molecule has 9 heteroatoms. The van der Waals surface area contributed by atoms with Gasteiger partial charge in [-0.05, 0) is 68.3 Å². The maximum absolute atomic E-state index is 13.1. The van der Waals surface area contributed by atoms with Gasteiger partial charge in [0.15, 0.2) is 6.10 Å². The number of Topliss-reactive ketones (excluding diaryl/α,β-unsaturated/α-hetero) is 1. The summed E-state index contributed by atoms with van der Waals surface area (Å²) in [5, 5.41) is 0. The second-order valence-electron chi connectivity index (χ2n) is 7.30. The first-order chi connectivity index (χ1) is 14.7. The van der Waals surface area contributed by atoms with E-state index in [2.05, 4.69) is 0 Å². The number of methoxy groups -OCH3 is 1. The van der Waals surface area contributed by atoms with Gasteiger partial charge in [-0.1, -0.05) is 0 Å². The van der Waals surface area contributed by atoms with Crippen molar-refractivity contribution in [3.8, 4) is 5.75 Å². The van der Waals surface area contributed by atoms with Gasteiger partial charge in [-0.2, -0.15) is 4.31 Å². The molecule has 1 heterocycles. The van der Waals surface area contributed by atoms with Crippen LogP contribution in [0.2, 0.25) is 0 Å². The van der Waals surface area contributed by atoms with Gasteiger partial charge in [0, 0.05) is 18.7 Å². The number of halogens is 1. The molecule has 2 aromatic carbocycles. The number of sulfonamides is 1. The summed E-state index contributed by atoms with van der Waals surface area (Å²) in [6, 6.07) is 11.1. The minimum absolute atomic E-state index is 0.00800. The number of nitrogens with zero attached hydrogens (tertiary/aromatic N) is 1. The van der Waals surface area contributed by atoms with Gasteiger partial charge >= 0.3 is 5.97 Å². The third kappa shape index (κ3) is 5.29. The lowest BCUT2D eigenvalue weighted by atomic mass is 9.98. The van der Waals surface area contributed by atoms with Gasteiger partial charge in [0.25, 0.3) is 0 Å². The zero-order valence-electron chi connectivity index (χ0n) is 17.3. The molecule has 0 aliphatic carbocycles. The molecular weight excluding hydrogens is 425 g/mol. The number of benzene rings is 2. The van der Waals surface area contributed by atoms with E-state index in [0.29, 0.717) is 11.3 Å². The van der Waals surface area contributed by atoms with Crippen molar-refractivity contribution in [3.63, 3.8) is 0 Å². The van der Waals surface area contributed by atoms with E-state index < -0.39 is 33.8 Å². The number of ether oxygens (including phenoxy) is 2. The molecule has 0 aromatic heterocycles. The Hall–Kier alpha value is -2.78. The Bertz CT molecular complexity index is 1030. The molecule has 166 valence electrons. The zero-order chi connectivity index (χ0) is 22.6. The first-order valence-corrected chi connectivity index (χ1v) is 11.3. The fourth-order valence-electron chi connectivity index (χ4n) is 3.40. The van der Waals surface area contributed by atoms with Crippen LogP contribution in [0.5, 0.6) is 5.75 Å². The van der Waals surface area contributed by atoms with Crippen molar-refractivity contribution >= 4 is 21.8 Å². The summed E-state index contributed by atoms with van der Waals surface area (Å²) in [5.41, 5.74) is 0.404. The Labute approximate surface area is 180 Å². The lowest BCUT2D eigenvalue weighted by molar-refractivity contribution is -0.152. The number of piperidine rings is 1. The molecule has 1 fully saturated rings. The van der Waals surface area contributed by atoms with Gasteiger partial charge in [0.05, 0.1) is 17.9 Å². The summed E-state index contributed by atoms with van der Waals surface area (Å²) < 4.78 is 50.1. The summed E-state index contributed by atoms with van der Waals surface area (Å²) in [6.07, 6.45) is -0.396. The molecule has 0 amide bonds. The number of hydrogen-bond donors (Lipinski definition) is 0. The Balaban J connectivity index is 1.55. The van der Waals surface area contributed by atoms with Gasteiger partial charge in [0.2, 0.25) is 15.8 Å². The van der Waals surface area contributed by atoms with Gasteiger partial charge in [-0.3, -0.25) is 9.59 Å². The van der Waals surface area contributed by atoms with E-state index in [-0.39, 0.29) is 36.6 Å². The van der Waals surface area contributed by atoms with Crippen molar-refractivity contribution < 1.29 is 31.9 Å². The van der Waals surface area contributed by atoms with Crippen molar-refractivity contribution in [1.29, 1.82) is 0 Å². The molecule has 0 spiro atoms. The topological polar surface area (TPSA) is 90.0 Å². The van der Waals surface area contributed by atoms with Crippen LogP contribution in [0.15, 0.2) is 53.4 Å². The second kappa shape index (κ2) is 9.57. The van der Waals surface area contributed by atoms with E-state index in [9.17, 15) is 22.4 Å². The molecule has 3 rings (SSSR count). The van der Waals surface area contributed by atoms with E-state index >= 15 is 0 Å². The van der Waals surface area contributed by atoms with Crippen LogP contribution < -0.4 is 4.74 Å². The average molecular weight is 450 g/mol. The Morgan fingerprint density at radius 2 is 1.61 bits per heavy atom. The largest absolute Gasteiger partial charge is 0.497 e. The SMILES string of the molecule is COc1ccc(C(=O)C(C)OC(=O)C2CCN(S(=O)(=O)c3ccc(F)cc3)CC2)cc1. The van der Waals surface area contributed by atoms with E-state index in [0.717, 1.165) is 12.1 Å². The zero-order valence-corrected chi connectivity index (χ0v) is 18.1. The molecule has 0 saturated carbocycles. The second-order valence-corrected chi connectivity index (χ2v) is 9.24. The van der Waals surface area contributed by atoms with Crippen molar-refractivity contribution in [2.45, 2.75) is 30.8 Å². The highest BCUT2D eigenvalue weighted by Crippen LogP contribution is 2.25. The first-order valence-electron chi connectivity index (χ1n) is 9.87. The number of ketones is 1. The molecule has 0 N–H and O–H groups in total. The Kier molecular flexibility index (Phi) is 7.07. The molecule has 1 aliphatic rings. The summed E-state index contributed by atoms with van der Waals surface area (Å²) in [6.45, 7) is 1.79. The first kappa shape index (κ1) is 22.9. The lowest BCUT2D eigenvalue weighted by Crippen LogP contribution is -2.41. The Morgan fingerprint density at radius 3 is 2.16 bits per heavy atom. The smallest absolute Gasteiger partial charge is 0.309 e. The number of esters is 1. The van der Waals surface area contributed by atoms with E-state index in [1.807, 2.05) is 0 Å². The van der Waals surface area contributed by atoms with Crippen LogP contribution in [0.1, 0.15) is 30.1 Å². The summed E-state index contributed by atoms with van der Waals surface area (Å²) in [5.74, 6) is -1.24. The van der Waals surface area contributed by atoms with Crippen LogP contribution in [0, 0.1) is 11.7 Å². The standard InChI is InChI=1S/C22H24FNO6S/c1-15(21(25)16-3-7-19(29-2)8-4-16)30-22(26)17-11-13-24(14-12-17)31(27,28)20-9-5-18(23)6-10-20/h3-10,15,17H,11-14H2,1-2H3. The highest BCUT2D eigenvalue weighted by molar-refractivity contribution is 7.89. The number of hydrogen-bond acceptors (Lipinski definition) is 6. The van der Waals surface area contributed by atoms with Crippen LogP contribution in [-0.2, 0) is 19.6 Å². The number of carbonyl (C=O) groups excluding carboxylic acids is 2. The van der Waals surface area contributed by atoms with Crippen molar-refractivity contribution in [2.24, 2.45) is 5.92 Å². The minimum Gasteiger partial charge on any atom is -0.497 e. The van der Waals surface area contributed by atoms with Crippen molar-refractivity contribution in [1.82, 2.24) is 4.31 Å². The van der Waals surface area contributed by atoms with Gasteiger partial charge in [-0.25, -0.2) is 12.8 Å². The van der Waals surface area contributed by atoms with Crippen molar-refractivity contribution in [2.75, 3.05) is 20.2 Å². The molecule has 1 aliphatic heterocycles. The lowest BCUT2D eigenvalue weighted by Gasteiger charge is -2.30. The molecular formula is C22H24FNO6S. The van der Waals surface area contributed by atoms with E-state index in [1.165, 1.54) is 30.5 Å². The number of rotatable bonds is 7. The Morgan fingerprint density at radius 1 is 1.03 bits per heavy atom. The summed E-state index contributed by atoms with van der Waals surface area (Å²) in [7, 11) is -2.23. The van der Waals surface area contributed by atoms with Crippen LogP contribution in [0.25, 0.3) is 0 Å². The molecule has 7 nitrogen and oxygen atoms in total. The highest BCUT2D eigenvalue weighted by Gasteiger charge is 2.34. The maximum atomic E-state index is 13.1. The van der Waals surface area contributed by atoms with Crippen LogP contribution >= 0.6 is 0 Å². The molecule has 1 unspecified atom stereocenters.